The van der Waals surface area contributed by atoms with Gasteiger partial charge in [0.05, 0.1) is 11.4 Å². The number of hydrogen-bond donors (Lipinski definition) is 1. The summed E-state index contributed by atoms with van der Waals surface area (Å²) in [6, 6.07) is 14.5. The molecule has 1 N–H and O–H groups in total. The second-order valence-electron chi connectivity index (χ2n) is 6.85. The van der Waals surface area contributed by atoms with Crippen molar-refractivity contribution in [3.05, 3.63) is 54.1 Å². The summed E-state index contributed by atoms with van der Waals surface area (Å²) in [5, 5.41) is 2.75. The number of carbonyl (C=O) groups excluding carboxylic acids is 1. The summed E-state index contributed by atoms with van der Waals surface area (Å²) in [4.78, 5) is 12.1. The predicted molar refractivity (Wildman–Crippen MR) is 107 cm³/mol. The fraction of sp³-hybridized carbons (Fsp3) is 0.350. The fourth-order valence-electron chi connectivity index (χ4n) is 2.94. The summed E-state index contributed by atoms with van der Waals surface area (Å²) in [7, 11) is -3.20. The first kappa shape index (κ1) is 19.2. The molecule has 2 aromatic carbocycles. The second-order valence-corrected chi connectivity index (χ2v) is 8.86. The number of benzene rings is 2. The van der Waals surface area contributed by atoms with Crippen LogP contribution >= 0.6 is 0 Å². The maximum absolute atomic E-state index is 12.1. The van der Waals surface area contributed by atoms with Gasteiger partial charge in [-0.05, 0) is 54.3 Å². The Labute approximate surface area is 160 Å². The van der Waals surface area contributed by atoms with Crippen LogP contribution in [0.5, 0.6) is 5.75 Å². The summed E-state index contributed by atoms with van der Waals surface area (Å²) in [5.74, 6) is 0.996. The number of rotatable bonds is 6. The van der Waals surface area contributed by atoms with Gasteiger partial charge >= 0.3 is 0 Å². The molecule has 1 fully saturated rings. The number of hydrogen-bond acceptors (Lipinski definition) is 4. The maximum Gasteiger partial charge on any atom is 0.262 e. The Morgan fingerprint density at radius 1 is 1.11 bits per heavy atom. The minimum atomic E-state index is -3.20. The fourth-order valence-corrected chi connectivity index (χ4v) is 4.50. The molecule has 0 atom stereocenters. The van der Waals surface area contributed by atoms with E-state index < -0.39 is 10.0 Å². The standard InChI is InChI=1S/C20H24N2O4S/c1-15(2)16-4-10-19(11-5-16)26-14-20(23)21-17-6-8-18(9-7-17)22-12-3-13-27(22,24)25/h4-11,15H,3,12-14H2,1-2H3,(H,21,23). The summed E-state index contributed by atoms with van der Waals surface area (Å²) < 4.78 is 30.8. The number of anilines is 2. The van der Waals surface area contributed by atoms with Gasteiger partial charge in [-0.1, -0.05) is 26.0 Å². The zero-order valence-electron chi connectivity index (χ0n) is 15.5. The Morgan fingerprint density at radius 3 is 2.33 bits per heavy atom. The van der Waals surface area contributed by atoms with Gasteiger partial charge in [0.1, 0.15) is 5.75 Å². The third kappa shape index (κ3) is 4.80. The average Bonchev–Trinajstić information content (AvgIpc) is 3.00. The molecular formula is C20H24N2O4S. The smallest absolute Gasteiger partial charge is 0.262 e. The van der Waals surface area contributed by atoms with Crippen molar-refractivity contribution in [2.75, 3.05) is 28.5 Å². The van der Waals surface area contributed by atoms with E-state index in [9.17, 15) is 13.2 Å². The first-order valence-corrected chi connectivity index (χ1v) is 10.6. The van der Waals surface area contributed by atoms with E-state index in [1.54, 1.807) is 24.3 Å². The van der Waals surface area contributed by atoms with E-state index in [1.807, 2.05) is 24.3 Å². The lowest BCUT2D eigenvalue weighted by atomic mass is 10.0. The van der Waals surface area contributed by atoms with Gasteiger partial charge in [0, 0.05) is 12.2 Å². The Bertz CT molecular complexity index is 891. The van der Waals surface area contributed by atoms with Crippen LogP contribution in [0, 0.1) is 0 Å². The average molecular weight is 388 g/mol. The highest BCUT2D eigenvalue weighted by Gasteiger charge is 2.28. The molecule has 0 spiro atoms. The lowest BCUT2D eigenvalue weighted by Gasteiger charge is -2.17. The number of carbonyl (C=O) groups is 1. The Balaban J connectivity index is 1.53. The number of ether oxygens (including phenoxy) is 1. The van der Waals surface area contributed by atoms with Crippen LogP contribution in [0.15, 0.2) is 48.5 Å². The van der Waals surface area contributed by atoms with Crippen molar-refractivity contribution in [1.29, 1.82) is 0 Å². The highest BCUT2D eigenvalue weighted by Crippen LogP contribution is 2.25. The Morgan fingerprint density at radius 2 is 1.78 bits per heavy atom. The van der Waals surface area contributed by atoms with E-state index in [-0.39, 0.29) is 18.3 Å². The molecule has 0 radical (unpaired) electrons. The molecule has 0 unspecified atom stereocenters. The third-order valence-electron chi connectivity index (χ3n) is 4.46. The molecule has 1 saturated heterocycles. The van der Waals surface area contributed by atoms with Crippen molar-refractivity contribution in [2.24, 2.45) is 0 Å². The van der Waals surface area contributed by atoms with Crippen molar-refractivity contribution < 1.29 is 17.9 Å². The van der Waals surface area contributed by atoms with E-state index in [1.165, 1.54) is 9.87 Å². The molecule has 1 aliphatic heterocycles. The summed E-state index contributed by atoms with van der Waals surface area (Å²) in [6.45, 7) is 4.64. The minimum Gasteiger partial charge on any atom is -0.484 e. The van der Waals surface area contributed by atoms with E-state index >= 15 is 0 Å². The molecule has 144 valence electrons. The lowest BCUT2D eigenvalue weighted by Crippen LogP contribution is -2.25. The second kappa shape index (κ2) is 8.00. The van der Waals surface area contributed by atoms with Gasteiger partial charge in [-0.2, -0.15) is 0 Å². The zero-order chi connectivity index (χ0) is 19.4. The highest BCUT2D eigenvalue weighted by molar-refractivity contribution is 7.93. The Kier molecular flexibility index (Phi) is 5.70. The molecule has 6 nitrogen and oxygen atoms in total. The molecule has 27 heavy (non-hydrogen) atoms. The normalized spacial score (nSPS) is 15.7. The zero-order valence-corrected chi connectivity index (χ0v) is 16.3. The molecule has 3 rings (SSSR count). The van der Waals surface area contributed by atoms with Gasteiger partial charge in [-0.3, -0.25) is 9.10 Å². The predicted octanol–water partition coefficient (Wildman–Crippen LogP) is 3.37. The van der Waals surface area contributed by atoms with Crippen LogP contribution in [-0.2, 0) is 14.8 Å². The number of sulfonamides is 1. The number of nitrogens with one attached hydrogen (secondary N) is 1. The summed E-state index contributed by atoms with van der Waals surface area (Å²) in [6.07, 6.45) is 0.635. The minimum absolute atomic E-state index is 0.0940. The maximum atomic E-state index is 12.1. The topological polar surface area (TPSA) is 75.7 Å². The van der Waals surface area contributed by atoms with Crippen molar-refractivity contribution >= 4 is 27.3 Å². The van der Waals surface area contributed by atoms with Crippen LogP contribution in [0.25, 0.3) is 0 Å². The van der Waals surface area contributed by atoms with Gasteiger partial charge in [0.2, 0.25) is 10.0 Å². The van der Waals surface area contributed by atoms with Crippen molar-refractivity contribution in [3.8, 4) is 5.75 Å². The SMILES string of the molecule is CC(C)c1ccc(OCC(=O)Nc2ccc(N3CCCS3(=O)=O)cc2)cc1. The van der Waals surface area contributed by atoms with E-state index in [2.05, 4.69) is 19.2 Å². The number of amides is 1. The first-order valence-electron chi connectivity index (χ1n) is 8.98. The van der Waals surface area contributed by atoms with Gasteiger partial charge in [-0.25, -0.2) is 8.42 Å². The molecule has 0 aliphatic carbocycles. The lowest BCUT2D eigenvalue weighted by molar-refractivity contribution is -0.118. The molecule has 0 bridgehead atoms. The van der Waals surface area contributed by atoms with E-state index in [4.69, 9.17) is 4.74 Å². The molecule has 0 aromatic heterocycles. The van der Waals surface area contributed by atoms with Crippen LogP contribution in [-0.4, -0.2) is 33.2 Å². The van der Waals surface area contributed by atoms with Crippen molar-refractivity contribution in [3.63, 3.8) is 0 Å². The molecule has 7 heteroatoms. The largest absolute Gasteiger partial charge is 0.484 e. The molecule has 1 amide bonds. The monoisotopic (exact) mass is 388 g/mol. The van der Waals surface area contributed by atoms with Crippen LogP contribution in [0.1, 0.15) is 31.7 Å². The van der Waals surface area contributed by atoms with Gasteiger partial charge in [-0.15, -0.1) is 0 Å². The molecule has 1 aliphatic rings. The van der Waals surface area contributed by atoms with Gasteiger partial charge in [0.25, 0.3) is 5.91 Å². The molecular weight excluding hydrogens is 364 g/mol. The first-order chi connectivity index (χ1) is 12.8. The van der Waals surface area contributed by atoms with Gasteiger partial charge < -0.3 is 10.1 Å². The highest BCUT2D eigenvalue weighted by atomic mass is 32.2. The van der Waals surface area contributed by atoms with E-state index in [0.717, 1.165) is 0 Å². The van der Waals surface area contributed by atoms with Crippen LogP contribution in [0.4, 0.5) is 11.4 Å². The third-order valence-corrected chi connectivity index (χ3v) is 6.32. The molecule has 1 heterocycles. The Hall–Kier alpha value is -2.54. The van der Waals surface area contributed by atoms with Gasteiger partial charge in [0.15, 0.2) is 6.61 Å². The van der Waals surface area contributed by atoms with Crippen molar-refractivity contribution in [1.82, 2.24) is 0 Å². The number of nitrogens with zero attached hydrogens (tertiary/aromatic N) is 1. The molecule has 0 saturated carbocycles. The molecule has 2 aromatic rings. The van der Waals surface area contributed by atoms with Crippen LogP contribution < -0.4 is 14.4 Å². The quantitative estimate of drug-likeness (QED) is 0.823. The van der Waals surface area contributed by atoms with E-state index in [0.29, 0.717) is 36.0 Å². The summed E-state index contributed by atoms with van der Waals surface area (Å²) >= 11 is 0. The summed E-state index contributed by atoms with van der Waals surface area (Å²) in [5.41, 5.74) is 2.43. The van der Waals surface area contributed by atoms with Crippen molar-refractivity contribution in [2.45, 2.75) is 26.2 Å². The van der Waals surface area contributed by atoms with Crippen LogP contribution in [0.3, 0.4) is 0 Å². The van der Waals surface area contributed by atoms with Crippen LogP contribution in [0.2, 0.25) is 0 Å².